The third-order valence-electron chi connectivity index (χ3n) is 5.26. The van der Waals surface area contributed by atoms with Gasteiger partial charge in [-0.3, -0.25) is 9.97 Å². The van der Waals surface area contributed by atoms with Gasteiger partial charge in [0.05, 0.1) is 5.52 Å². The average Bonchev–Trinajstić information content (AvgIpc) is 3.18. The van der Waals surface area contributed by atoms with Crippen molar-refractivity contribution in [3.8, 4) is 22.5 Å². The summed E-state index contributed by atoms with van der Waals surface area (Å²) < 4.78 is 1.77. The van der Waals surface area contributed by atoms with Crippen LogP contribution in [0.3, 0.4) is 0 Å². The summed E-state index contributed by atoms with van der Waals surface area (Å²) in [6.07, 6.45) is 3.64. The van der Waals surface area contributed by atoms with Crippen molar-refractivity contribution in [2.24, 2.45) is 7.05 Å². The lowest BCUT2D eigenvalue weighted by Crippen LogP contribution is -2.05. The summed E-state index contributed by atoms with van der Waals surface area (Å²) in [6, 6.07) is 22.7. The quantitative estimate of drug-likeness (QED) is 0.444. The number of hydrogen-bond donors (Lipinski definition) is 1. The fourth-order valence-corrected chi connectivity index (χ4v) is 3.60. The Bertz CT molecular complexity index is 1350. The smallest absolute Gasteiger partial charge is 0.221 e. The lowest BCUT2D eigenvalue weighted by molar-refractivity contribution is 0.769. The Morgan fingerprint density at radius 1 is 0.839 bits per heavy atom. The van der Waals surface area contributed by atoms with E-state index in [4.69, 9.17) is 4.98 Å². The second-order valence-electron chi connectivity index (χ2n) is 7.53. The number of rotatable bonds is 5. The molecule has 0 radical (unpaired) electrons. The van der Waals surface area contributed by atoms with Gasteiger partial charge in [-0.25, -0.2) is 4.68 Å². The monoisotopic (exact) mass is 406 g/mol. The van der Waals surface area contributed by atoms with Crippen LogP contribution >= 0.6 is 0 Å². The molecule has 2 aromatic carbocycles. The Labute approximate surface area is 180 Å². The van der Waals surface area contributed by atoms with Gasteiger partial charge in [0.25, 0.3) is 0 Å². The third kappa shape index (κ3) is 4.00. The molecule has 0 spiro atoms. The van der Waals surface area contributed by atoms with Crippen molar-refractivity contribution < 1.29 is 0 Å². The number of benzene rings is 2. The molecule has 0 aliphatic heterocycles. The summed E-state index contributed by atoms with van der Waals surface area (Å²) in [5.74, 6) is 1.43. The number of aryl methyl sites for hydroxylation is 2. The topological polar surface area (TPSA) is 68.5 Å². The van der Waals surface area contributed by atoms with Gasteiger partial charge in [-0.15, -0.1) is 5.10 Å². The number of nitrogens with zero attached hydrogens (tertiary/aromatic N) is 5. The lowest BCUT2D eigenvalue weighted by atomic mass is 10.0. The van der Waals surface area contributed by atoms with Crippen LogP contribution in [0.1, 0.15) is 11.3 Å². The van der Waals surface area contributed by atoms with Gasteiger partial charge in [0.2, 0.25) is 5.95 Å². The fourth-order valence-electron chi connectivity index (χ4n) is 3.60. The predicted molar refractivity (Wildman–Crippen MR) is 123 cm³/mol. The SMILES string of the molecule is Cc1cc(-c2ccc(CNc3nc(-c4ccc5ncccc5c4)nn3C)cc2)ccn1. The van der Waals surface area contributed by atoms with Crippen molar-refractivity contribution >= 4 is 16.9 Å². The summed E-state index contributed by atoms with van der Waals surface area (Å²) in [4.78, 5) is 13.3. The molecule has 0 fully saturated rings. The molecule has 31 heavy (non-hydrogen) atoms. The van der Waals surface area contributed by atoms with Crippen molar-refractivity contribution in [3.05, 3.63) is 90.4 Å². The molecule has 3 heterocycles. The van der Waals surface area contributed by atoms with E-state index in [1.165, 1.54) is 16.7 Å². The predicted octanol–water partition coefficient (Wildman–Crippen LogP) is 5.01. The van der Waals surface area contributed by atoms with Gasteiger partial charge in [-0.05, 0) is 60.0 Å². The van der Waals surface area contributed by atoms with E-state index >= 15 is 0 Å². The minimum Gasteiger partial charge on any atom is -0.350 e. The van der Waals surface area contributed by atoms with Crippen LogP contribution in [0.4, 0.5) is 5.95 Å². The van der Waals surface area contributed by atoms with E-state index in [0.29, 0.717) is 12.4 Å². The lowest BCUT2D eigenvalue weighted by Gasteiger charge is -2.07. The fraction of sp³-hybridized carbons (Fsp3) is 0.120. The van der Waals surface area contributed by atoms with Gasteiger partial charge in [0, 0.05) is 42.6 Å². The third-order valence-corrected chi connectivity index (χ3v) is 5.26. The molecule has 0 bridgehead atoms. The van der Waals surface area contributed by atoms with Crippen LogP contribution in [0.15, 0.2) is 79.1 Å². The second-order valence-corrected chi connectivity index (χ2v) is 7.53. The highest BCUT2D eigenvalue weighted by Gasteiger charge is 2.10. The first kappa shape index (κ1) is 18.9. The number of hydrogen-bond acceptors (Lipinski definition) is 5. The molecule has 0 aliphatic carbocycles. The molecule has 0 amide bonds. The van der Waals surface area contributed by atoms with Gasteiger partial charge in [0.1, 0.15) is 0 Å². The number of pyridine rings is 2. The normalized spacial score (nSPS) is 11.0. The molecule has 0 atom stereocenters. The summed E-state index contributed by atoms with van der Waals surface area (Å²) >= 11 is 0. The van der Waals surface area contributed by atoms with Crippen LogP contribution in [-0.2, 0) is 13.6 Å². The maximum Gasteiger partial charge on any atom is 0.221 e. The van der Waals surface area contributed by atoms with E-state index < -0.39 is 0 Å². The molecular formula is C25H22N6. The maximum atomic E-state index is 4.69. The first-order chi connectivity index (χ1) is 15.2. The van der Waals surface area contributed by atoms with Crippen molar-refractivity contribution in [1.29, 1.82) is 0 Å². The number of aromatic nitrogens is 5. The Balaban J connectivity index is 1.31. The Hall–Kier alpha value is -4.06. The largest absolute Gasteiger partial charge is 0.350 e. The molecule has 0 unspecified atom stereocenters. The van der Waals surface area contributed by atoms with Crippen molar-refractivity contribution in [2.75, 3.05) is 5.32 Å². The van der Waals surface area contributed by atoms with Crippen molar-refractivity contribution in [1.82, 2.24) is 24.7 Å². The average molecular weight is 406 g/mol. The molecular weight excluding hydrogens is 384 g/mol. The van der Waals surface area contributed by atoms with Crippen molar-refractivity contribution in [3.63, 3.8) is 0 Å². The van der Waals surface area contributed by atoms with Gasteiger partial charge in [-0.2, -0.15) is 4.98 Å². The Morgan fingerprint density at radius 2 is 1.68 bits per heavy atom. The van der Waals surface area contributed by atoms with Crippen LogP contribution in [0.5, 0.6) is 0 Å². The van der Waals surface area contributed by atoms with E-state index in [-0.39, 0.29) is 0 Å². The molecule has 6 heteroatoms. The van der Waals surface area contributed by atoms with Gasteiger partial charge in [0.15, 0.2) is 5.82 Å². The molecule has 5 rings (SSSR count). The highest BCUT2D eigenvalue weighted by atomic mass is 15.4. The van der Waals surface area contributed by atoms with E-state index in [1.54, 1.807) is 10.9 Å². The van der Waals surface area contributed by atoms with Gasteiger partial charge < -0.3 is 5.32 Å². The van der Waals surface area contributed by atoms with Crippen LogP contribution in [0.25, 0.3) is 33.4 Å². The minimum absolute atomic E-state index is 0.670. The second kappa shape index (κ2) is 7.99. The van der Waals surface area contributed by atoms with Crippen LogP contribution in [0.2, 0.25) is 0 Å². The molecule has 5 aromatic rings. The first-order valence-corrected chi connectivity index (χ1v) is 10.2. The summed E-state index contributed by atoms with van der Waals surface area (Å²) in [5, 5.41) is 9.05. The molecule has 3 aromatic heterocycles. The zero-order valence-corrected chi connectivity index (χ0v) is 17.4. The Kier molecular flexibility index (Phi) is 4.88. The highest BCUT2D eigenvalue weighted by molar-refractivity contribution is 5.83. The summed E-state index contributed by atoms with van der Waals surface area (Å²) in [6.45, 7) is 2.68. The number of fused-ring (bicyclic) bond motifs is 1. The molecule has 0 saturated heterocycles. The first-order valence-electron chi connectivity index (χ1n) is 10.2. The van der Waals surface area contributed by atoms with E-state index in [2.05, 4.69) is 56.8 Å². The summed E-state index contributed by atoms with van der Waals surface area (Å²) in [7, 11) is 1.90. The zero-order chi connectivity index (χ0) is 21.2. The van der Waals surface area contributed by atoms with E-state index in [1.807, 2.05) is 50.5 Å². The summed E-state index contributed by atoms with van der Waals surface area (Å²) in [5.41, 5.74) is 6.49. The molecule has 1 N–H and O–H groups in total. The molecule has 152 valence electrons. The zero-order valence-electron chi connectivity index (χ0n) is 17.4. The maximum absolute atomic E-state index is 4.69. The van der Waals surface area contributed by atoms with Crippen LogP contribution in [-0.4, -0.2) is 24.7 Å². The highest BCUT2D eigenvalue weighted by Crippen LogP contribution is 2.23. The van der Waals surface area contributed by atoms with Crippen molar-refractivity contribution in [2.45, 2.75) is 13.5 Å². The molecule has 0 aliphatic rings. The van der Waals surface area contributed by atoms with Gasteiger partial charge >= 0.3 is 0 Å². The Morgan fingerprint density at radius 3 is 2.52 bits per heavy atom. The molecule has 6 nitrogen and oxygen atoms in total. The van der Waals surface area contributed by atoms with E-state index in [0.717, 1.165) is 28.1 Å². The standard InChI is InChI=1S/C25H22N6/c1-17-14-20(11-13-26-17)19-7-5-18(6-8-19)16-28-25-29-24(30-31(25)2)22-9-10-23-21(15-22)4-3-12-27-23/h3-15H,16H2,1-2H3,(H,28,29,30). The van der Waals surface area contributed by atoms with E-state index in [9.17, 15) is 0 Å². The molecule has 0 saturated carbocycles. The minimum atomic E-state index is 0.670. The van der Waals surface area contributed by atoms with Crippen LogP contribution < -0.4 is 5.32 Å². The number of anilines is 1. The van der Waals surface area contributed by atoms with Gasteiger partial charge in [-0.1, -0.05) is 30.3 Å². The van der Waals surface area contributed by atoms with Crippen LogP contribution in [0, 0.1) is 6.92 Å². The number of nitrogens with one attached hydrogen (secondary N) is 1.